The van der Waals surface area contributed by atoms with Crippen molar-refractivity contribution in [1.82, 2.24) is 0 Å². The summed E-state index contributed by atoms with van der Waals surface area (Å²) < 4.78 is 94.0. The van der Waals surface area contributed by atoms with E-state index < -0.39 is 46.8 Å². The first-order chi connectivity index (χ1) is 14.2. The van der Waals surface area contributed by atoms with Gasteiger partial charge in [0.05, 0.1) is 12.7 Å². The van der Waals surface area contributed by atoms with E-state index in [2.05, 4.69) is 4.74 Å². The molecule has 4 rings (SSSR count). The number of hydrogen-bond donors (Lipinski definition) is 0. The van der Waals surface area contributed by atoms with E-state index in [0.29, 0.717) is 37.0 Å². The van der Waals surface area contributed by atoms with Gasteiger partial charge < -0.3 is 9.47 Å². The summed E-state index contributed by atoms with van der Waals surface area (Å²) in [5.74, 6) is -5.38. The number of hydrogen-bond acceptors (Lipinski definition) is 2. The number of alkyl halides is 2. The molecule has 2 atom stereocenters. The molecule has 30 heavy (non-hydrogen) atoms. The zero-order valence-electron chi connectivity index (χ0n) is 15.9. The maximum absolute atomic E-state index is 14.5. The van der Waals surface area contributed by atoms with Gasteiger partial charge in [0.15, 0.2) is 11.6 Å². The second-order valence-corrected chi connectivity index (χ2v) is 7.90. The largest absolute Gasteiger partial charge is 0.432 e. The van der Waals surface area contributed by atoms with Crippen LogP contribution < -0.4 is 4.74 Å². The molecule has 2 nitrogen and oxygen atoms in total. The Hall–Kier alpha value is -2.22. The predicted octanol–water partition coefficient (Wildman–Crippen LogP) is 6.64. The Morgan fingerprint density at radius 2 is 1.50 bits per heavy atom. The summed E-state index contributed by atoms with van der Waals surface area (Å²) in [6.07, 6.45) is -0.0344. The van der Waals surface area contributed by atoms with E-state index >= 15 is 0 Å². The van der Waals surface area contributed by atoms with Crippen LogP contribution in [0.15, 0.2) is 30.3 Å². The SMILES string of the molecule is Fc1ccc(OC(F)(F)c2c(F)cc(C3CCC(C4CCC4)CO3)cc2F)cc1F. The number of ether oxygens (including phenoxy) is 2. The van der Waals surface area contributed by atoms with Gasteiger partial charge in [-0.05, 0) is 54.5 Å². The molecule has 1 aliphatic carbocycles. The maximum Gasteiger partial charge on any atom is 0.432 e. The average molecular weight is 430 g/mol. The van der Waals surface area contributed by atoms with Crippen LogP contribution >= 0.6 is 0 Å². The summed E-state index contributed by atoms with van der Waals surface area (Å²) in [5, 5.41) is 0. The Morgan fingerprint density at radius 1 is 0.800 bits per heavy atom. The van der Waals surface area contributed by atoms with Gasteiger partial charge in [-0.15, -0.1) is 0 Å². The van der Waals surface area contributed by atoms with Crippen molar-refractivity contribution in [2.75, 3.05) is 6.61 Å². The molecule has 0 radical (unpaired) electrons. The van der Waals surface area contributed by atoms with Gasteiger partial charge in [0.25, 0.3) is 0 Å². The predicted molar refractivity (Wildman–Crippen MR) is 96.0 cm³/mol. The van der Waals surface area contributed by atoms with Gasteiger partial charge in [-0.3, -0.25) is 0 Å². The minimum atomic E-state index is -4.43. The van der Waals surface area contributed by atoms with Crippen molar-refractivity contribution >= 4 is 0 Å². The van der Waals surface area contributed by atoms with Crippen LogP contribution in [-0.2, 0) is 10.8 Å². The monoisotopic (exact) mass is 430 g/mol. The Balaban J connectivity index is 1.51. The molecule has 2 unspecified atom stereocenters. The van der Waals surface area contributed by atoms with E-state index in [4.69, 9.17) is 4.74 Å². The summed E-state index contributed by atoms with van der Waals surface area (Å²) in [6.45, 7) is 0.482. The molecule has 2 fully saturated rings. The molecule has 0 aromatic heterocycles. The van der Waals surface area contributed by atoms with Crippen molar-refractivity contribution < 1.29 is 35.8 Å². The van der Waals surface area contributed by atoms with Gasteiger partial charge in [0, 0.05) is 6.07 Å². The minimum absolute atomic E-state index is 0.143. The van der Waals surface area contributed by atoms with Crippen molar-refractivity contribution in [2.24, 2.45) is 11.8 Å². The molecule has 1 saturated carbocycles. The van der Waals surface area contributed by atoms with Gasteiger partial charge in [-0.1, -0.05) is 19.3 Å². The van der Waals surface area contributed by atoms with Gasteiger partial charge in [-0.25, -0.2) is 17.6 Å². The van der Waals surface area contributed by atoms with Gasteiger partial charge >= 0.3 is 6.11 Å². The molecule has 2 aliphatic rings. The molecule has 0 amide bonds. The fraction of sp³-hybridized carbons (Fsp3) is 0.455. The van der Waals surface area contributed by atoms with E-state index in [1.54, 1.807) is 0 Å². The molecule has 1 aliphatic heterocycles. The molecule has 0 N–H and O–H groups in total. The van der Waals surface area contributed by atoms with Crippen LogP contribution in [0.2, 0.25) is 0 Å². The van der Waals surface area contributed by atoms with Gasteiger partial charge in [0.2, 0.25) is 0 Å². The van der Waals surface area contributed by atoms with Crippen LogP contribution in [0.5, 0.6) is 5.75 Å². The van der Waals surface area contributed by atoms with Gasteiger partial charge in [0.1, 0.15) is 22.9 Å². The van der Waals surface area contributed by atoms with Crippen molar-refractivity contribution in [2.45, 2.75) is 44.3 Å². The lowest BCUT2D eigenvalue weighted by molar-refractivity contribution is -0.189. The molecule has 2 aromatic carbocycles. The maximum atomic E-state index is 14.5. The third kappa shape index (κ3) is 4.15. The molecule has 1 heterocycles. The first-order valence-corrected chi connectivity index (χ1v) is 9.87. The van der Waals surface area contributed by atoms with E-state index in [1.807, 2.05) is 0 Å². The molecule has 0 spiro atoms. The van der Waals surface area contributed by atoms with Crippen molar-refractivity contribution in [1.29, 1.82) is 0 Å². The summed E-state index contributed by atoms with van der Waals surface area (Å²) in [7, 11) is 0. The molecule has 1 saturated heterocycles. The Morgan fingerprint density at radius 3 is 2.03 bits per heavy atom. The van der Waals surface area contributed by atoms with Crippen molar-refractivity contribution in [3.05, 3.63) is 64.7 Å². The van der Waals surface area contributed by atoms with Gasteiger partial charge in [-0.2, -0.15) is 8.78 Å². The van der Waals surface area contributed by atoms with Crippen LogP contribution in [0.25, 0.3) is 0 Å². The van der Waals surface area contributed by atoms with E-state index in [9.17, 15) is 26.3 Å². The minimum Gasteiger partial charge on any atom is -0.429 e. The van der Waals surface area contributed by atoms with Crippen LogP contribution in [0.3, 0.4) is 0 Å². The number of halogens is 6. The van der Waals surface area contributed by atoms with E-state index in [-0.39, 0.29) is 5.56 Å². The van der Waals surface area contributed by atoms with Crippen LogP contribution in [0.1, 0.15) is 49.3 Å². The zero-order chi connectivity index (χ0) is 21.5. The molecule has 2 aromatic rings. The Labute approximate surface area is 169 Å². The normalized spacial score (nSPS) is 22.6. The van der Waals surface area contributed by atoms with E-state index in [0.717, 1.165) is 24.6 Å². The lowest BCUT2D eigenvalue weighted by Gasteiger charge is -2.38. The second-order valence-electron chi connectivity index (χ2n) is 7.90. The Kier molecular flexibility index (Phi) is 5.70. The standard InChI is InChI=1S/C22H20F6O2/c23-16-6-5-15(10-17(16)24)30-22(27,28)21-18(25)8-14(9-19(21)26)20-7-4-13(11-29-20)12-2-1-3-12/h5-6,8-10,12-13,20H,1-4,7,11H2. The van der Waals surface area contributed by atoms with Crippen LogP contribution in [0, 0.1) is 35.1 Å². The first-order valence-electron chi connectivity index (χ1n) is 9.87. The molecular formula is C22H20F6O2. The highest BCUT2D eigenvalue weighted by Crippen LogP contribution is 2.42. The molecular weight excluding hydrogens is 410 g/mol. The third-order valence-corrected chi connectivity index (χ3v) is 5.99. The lowest BCUT2D eigenvalue weighted by atomic mass is 9.73. The topological polar surface area (TPSA) is 18.5 Å². The second kappa shape index (κ2) is 8.13. The number of benzene rings is 2. The molecule has 8 heteroatoms. The van der Waals surface area contributed by atoms with Crippen LogP contribution in [0.4, 0.5) is 26.3 Å². The highest BCUT2D eigenvalue weighted by atomic mass is 19.3. The highest BCUT2D eigenvalue weighted by Gasteiger charge is 2.42. The smallest absolute Gasteiger partial charge is 0.429 e. The van der Waals surface area contributed by atoms with Crippen molar-refractivity contribution in [3.63, 3.8) is 0 Å². The first kappa shape index (κ1) is 21.0. The average Bonchev–Trinajstić information content (AvgIpc) is 2.63. The summed E-state index contributed by atoms with van der Waals surface area (Å²) in [6, 6.07) is 3.32. The fourth-order valence-electron chi connectivity index (χ4n) is 4.11. The quantitative estimate of drug-likeness (QED) is 0.495. The summed E-state index contributed by atoms with van der Waals surface area (Å²) >= 11 is 0. The Bertz CT molecular complexity index is 897. The highest BCUT2D eigenvalue weighted by molar-refractivity contribution is 5.32. The molecule has 162 valence electrons. The fourth-order valence-corrected chi connectivity index (χ4v) is 4.11. The van der Waals surface area contributed by atoms with Crippen LogP contribution in [-0.4, -0.2) is 6.61 Å². The zero-order valence-corrected chi connectivity index (χ0v) is 15.9. The molecule has 0 bridgehead atoms. The summed E-state index contributed by atoms with van der Waals surface area (Å²) in [5.41, 5.74) is -1.46. The summed E-state index contributed by atoms with van der Waals surface area (Å²) in [4.78, 5) is 0. The third-order valence-electron chi connectivity index (χ3n) is 5.99. The lowest BCUT2D eigenvalue weighted by Crippen LogP contribution is -2.31. The van der Waals surface area contributed by atoms with E-state index in [1.165, 1.54) is 19.3 Å². The number of rotatable bonds is 5. The van der Waals surface area contributed by atoms with Crippen molar-refractivity contribution in [3.8, 4) is 5.75 Å².